The lowest BCUT2D eigenvalue weighted by molar-refractivity contribution is 0.473. The first kappa shape index (κ1) is 16.3. The third kappa shape index (κ3) is 2.81. The molecule has 0 saturated heterocycles. The number of para-hydroxylation sites is 4. The number of benzene rings is 2. The van der Waals surface area contributed by atoms with Gasteiger partial charge in [-0.05, 0) is 43.7 Å². The molecule has 0 bridgehead atoms. The number of anilines is 2. The van der Waals surface area contributed by atoms with Crippen molar-refractivity contribution < 1.29 is 17.7 Å². The highest BCUT2D eigenvalue weighted by Crippen LogP contribution is 2.49. The summed E-state index contributed by atoms with van der Waals surface area (Å²) in [6, 6.07) is 14.2. The van der Waals surface area contributed by atoms with Gasteiger partial charge in [0.25, 0.3) is 0 Å². The molecule has 5 nitrogen and oxygen atoms in total. The molecule has 124 valence electrons. The van der Waals surface area contributed by atoms with Gasteiger partial charge < -0.3 is 4.74 Å². The van der Waals surface area contributed by atoms with Gasteiger partial charge >= 0.3 is 10.1 Å². The molecule has 1 heterocycles. The van der Waals surface area contributed by atoms with Crippen molar-refractivity contribution >= 4 is 21.5 Å². The van der Waals surface area contributed by atoms with Crippen molar-refractivity contribution in [2.75, 3.05) is 4.90 Å². The predicted molar refractivity (Wildman–Crippen MR) is 94.2 cm³/mol. The van der Waals surface area contributed by atoms with Crippen LogP contribution in [0.1, 0.15) is 13.8 Å². The van der Waals surface area contributed by atoms with Crippen molar-refractivity contribution in [2.24, 2.45) is 0 Å². The molecule has 0 atom stereocenters. The van der Waals surface area contributed by atoms with Gasteiger partial charge in [-0.3, -0.25) is 9.45 Å². The molecule has 0 fully saturated rings. The largest absolute Gasteiger partial charge is 0.453 e. The molecule has 1 aliphatic rings. The Morgan fingerprint density at radius 2 is 1.54 bits per heavy atom. The van der Waals surface area contributed by atoms with Gasteiger partial charge in [-0.25, -0.2) is 0 Å². The highest BCUT2D eigenvalue weighted by molar-refractivity contribution is 7.90. The van der Waals surface area contributed by atoms with Crippen LogP contribution in [0.15, 0.2) is 71.3 Å². The number of hydrogen-bond acceptors (Lipinski definition) is 4. The minimum absolute atomic E-state index is 0.191. The molecule has 6 heteroatoms. The van der Waals surface area contributed by atoms with Crippen LogP contribution in [0.5, 0.6) is 11.5 Å². The maximum absolute atomic E-state index is 12.1. The van der Waals surface area contributed by atoms with Crippen molar-refractivity contribution in [1.82, 2.24) is 0 Å². The zero-order chi connectivity index (χ0) is 17.3. The molecule has 0 aliphatic carbocycles. The SMILES string of the molecule is CC=CC(C)=C(N1c2ccccc2Oc2ccccc21)S(=O)(=O)O. The van der Waals surface area contributed by atoms with Gasteiger partial charge in [0.15, 0.2) is 16.5 Å². The molecule has 0 saturated carbocycles. The standard InChI is InChI=1S/C18H17NO4S/c1-3-8-13(2)18(24(20,21)22)19-14-9-4-6-11-16(14)23-17-12-7-5-10-15(17)19/h3-12H,1-2H3,(H,20,21,22). The minimum atomic E-state index is -4.47. The monoisotopic (exact) mass is 343 g/mol. The van der Waals surface area contributed by atoms with E-state index in [-0.39, 0.29) is 5.03 Å². The van der Waals surface area contributed by atoms with E-state index in [1.165, 1.54) is 4.90 Å². The summed E-state index contributed by atoms with van der Waals surface area (Å²) in [5.74, 6) is 1.04. The fraction of sp³-hybridized carbons (Fsp3) is 0.111. The van der Waals surface area contributed by atoms with E-state index in [1.54, 1.807) is 74.5 Å². The lowest BCUT2D eigenvalue weighted by Gasteiger charge is -2.33. The molecule has 2 aromatic carbocycles. The fourth-order valence-electron chi connectivity index (χ4n) is 2.74. The fourth-order valence-corrected chi connectivity index (χ4v) is 3.64. The Balaban J connectivity index is 2.36. The summed E-state index contributed by atoms with van der Waals surface area (Å²) in [4.78, 5) is 1.51. The second-order valence-electron chi connectivity index (χ2n) is 5.34. The number of rotatable bonds is 3. The van der Waals surface area contributed by atoms with E-state index in [2.05, 4.69) is 0 Å². The van der Waals surface area contributed by atoms with Crippen LogP contribution in [0, 0.1) is 0 Å². The molecular weight excluding hydrogens is 326 g/mol. The molecule has 1 N–H and O–H groups in total. The van der Waals surface area contributed by atoms with E-state index in [1.807, 2.05) is 0 Å². The highest BCUT2D eigenvalue weighted by Gasteiger charge is 2.33. The zero-order valence-corrected chi connectivity index (χ0v) is 14.1. The van der Waals surface area contributed by atoms with Crippen LogP contribution in [-0.2, 0) is 10.1 Å². The number of allylic oxidation sites excluding steroid dienone is 3. The lowest BCUT2D eigenvalue weighted by atomic mass is 10.1. The third-order valence-corrected chi connectivity index (χ3v) is 4.63. The van der Waals surface area contributed by atoms with E-state index < -0.39 is 10.1 Å². The van der Waals surface area contributed by atoms with Crippen LogP contribution < -0.4 is 9.64 Å². The first-order valence-corrected chi connectivity index (χ1v) is 8.84. The van der Waals surface area contributed by atoms with Crippen LogP contribution in [0.25, 0.3) is 0 Å². The van der Waals surface area contributed by atoms with Gasteiger partial charge in [-0.2, -0.15) is 8.42 Å². The van der Waals surface area contributed by atoms with Gasteiger partial charge in [0, 0.05) is 0 Å². The normalized spacial score (nSPS) is 14.7. The smallest absolute Gasteiger partial charge is 0.310 e. The van der Waals surface area contributed by atoms with Gasteiger partial charge in [0.2, 0.25) is 0 Å². The molecular formula is C18H17NO4S. The van der Waals surface area contributed by atoms with Crippen molar-refractivity contribution in [3.05, 3.63) is 71.3 Å². The Bertz CT molecular complexity index is 899. The van der Waals surface area contributed by atoms with E-state index in [0.717, 1.165) is 0 Å². The number of nitrogens with zero attached hydrogens (tertiary/aromatic N) is 1. The average molecular weight is 343 g/mol. The highest BCUT2D eigenvalue weighted by atomic mass is 32.2. The van der Waals surface area contributed by atoms with Gasteiger partial charge in [-0.15, -0.1) is 0 Å². The van der Waals surface area contributed by atoms with Crippen molar-refractivity contribution in [3.63, 3.8) is 0 Å². The molecule has 3 rings (SSSR count). The molecule has 0 unspecified atom stereocenters. The lowest BCUT2D eigenvalue weighted by Crippen LogP contribution is -2.26. The Morgan fingerprint density at radius 3 is 2.00 bits per heavy atom. The van der Waals surface area contributed by atoms with E-state index in [9.17, 15) is 13.0 Å². The molecule has 0 spiro atoms. The summed E-state index contributed by atoms with van der Waals surface area (Å²) in [7, 11) is -4.47. The maximum atomic E-state index is 12.1. The summed E-state index contributed by atoms with van der Waals surface area (Å²) in [6.45, 7) is 3.43. The number of hydrogen-bond donors (Lipinski definition) is 1. The van der Waals surface area contributed by atoms with Crippen LogP contribution in [0.4, 0.5) is 11.4 Å². The van der Waals surface area contributed by atoms with Crippen molar-refractivity contribution in [2.45, 2.75) is 13.8 Å². The van der Waals surface area contributed by atoms with Gasteiger partial charge in [0.05, 0.1) is 11.4 Å². The molecule has 0 radical (unpaired) electrons. The second kappa shape index (κ2) is 6.14. The van der Waals surface area contributed by atoms with Crippen LogP contribution >= 0.6 is 0 Å². The Kier molecular flexibility index (Phi) is 4.17. The van der Waals surface area contributed by atoms with E-state index in [0.29, 0.717) is 28.4 Å². The number of fused-ring (bicyclic) bond motifs is 2. The first-order valence-electron chi connectivity index (χ1n) is 7.40. The van der Waals surface area contributed by atoms with Crippen molar-refractivity contribution in [1.29, 1.82) is 0 Å². The predicted octanol–water partition coefficient (Wildman–Crippen LogP) is 4.63. The molecule has 2 aromatic rings. The minimum Gasteiger partial charge on any atom is -0.453 e. The van der Waals surface area contributed by atoms with Crippen molar-refractivity contribution in [3.8, 4) is 11.5 Å². The number of ether oxygens (including phenoxy) is 1. The summed E-state index contributed by atoms with van der Waals surface area (Å²) >= 11 is 0. The van der Waals surface area contributed by atoms with Gasteiger partial charge in [-0.1, -0.05) is 36.4 Å². The Hall–Kier alpha value is -2.57. The molecule has 1 aliphatic heterocycles. The van der Waals surface area contributed by atoms with Gasteiger partial charge in [0.1, 0.15) is 0 Å². The van der Waals surface area contributed by atoms with E-state index >= 15 is 0 Å². The van der Waals surface area contributed by atoms with Crippen LogP contribution in [0.3, 0.4) is 0 Å². The summed E-state index contributed by atoms with van der Waals surface area (Å²) in [5.41, 5.74) is 1.52. The average Bonchev–Trinajstić information content (AvgIpc) is 2.53. The first-order chi connectivity index (χ1) is 11.4. The maximum Gasteiger partial charge on any atom is 0.310 e. The van der Waals surface area contributed by atoms with Crippen LogP contribution in [0.2, 0.25) is 0 Å². The third-order valence-electron chi connectivity index (χ3n) is 3.63. The topological polar surface area (TPSA) is 66.8 Å². The Morgan fingerprint density at radius 1 is 1.04 bits per heavy atom. The summed E-state index contributed by atoms with van der Waals surface area (Å²) in [6.07, 6.45) is 3.36. The molecule has 0 aromatic heterocycles. The quantitative estimate of drug-likeness (QED) is 0.650. The Labute approximate surface area is 141 Å². The molecule has 24 heavy (non-hydrogen) atoms. The van der Waals surface area contributed by atoms with E-state index in [4.69, 9.17) is 4.74 Å². The van der Waals surface area contributed by atoms with Crippen LogP contribution in [-0.4, -0.2) is 13.0 Å². The zero-order valence-electron chi connectivity index (χ0n) is 13.3. The molecule has 0 amide bonds. The summed E-state index contributed by atoms with van der Waals surface area (Å²) in [5, 5.41) is -0.191. The summed E-state index contributed by atoms with van der Waals surface area (Å²) < 4.78 is 40.0. The second-order valence-corrected chi connectivity index (χ2v) is 6.67.